The molecule has 0 bridgehead atoms. The monoisotopic (exact) mass is 267 g/mol. The predicted octanol–water partition coefficient (Wildman–Crippen LogP) is -0.280. The van der Waals surface area contributed by atoms with Crippen molar-refractivity contribution in [2.45, 2.75) is 45.2 Å². The van der Waals surface area contributed by atoms with Crippen LogP contribution in [0.25, 0.3) is 0 Å². The van der Waals surface area contributed by atoms with Gasteiger partial charge in [-0.2, -0.15) is 0 Å². The molecule has 2 aliphatic rings. The zero-order valence-electron chi connectivity index (χ0n) is 11.7. The first kappa shape index (κ1) is 13.8. The van der Waals surface area contributed by atoms with Gasteiger partial charge in [0.2, 0.25) is 11.8 Å². The van der Waals surface area contributed by atoms with Gasteiger partial charge in [0, 0.05) is 12.5 Å². The standard InChI is InChI=1S/C13H21N3O3/c1-8(2)11(18)16-6-4-5-13(16)7-15(12(13)19)9(3)10(14)17/h8-9H,4-7H2,1-3H3,(H2,14,17). The summed E-state index contributed by atoms with van der Waals surface area (Å²) in [6, 6.07) is -0.602. The number of nitrogens with zero attached hydrogens (tertiary/aromatic N) is 2. The summed E-state index contributed by atoms with van der Waals surface area (Å²) in [6.45, 7) is 6.34. The fraction of sp³-hybridized carbons (Fsp3) is 0.769. The van der Waals surface area contributed by atoms with Gasteiger partial charge >= 0.3 is 0 Å². The van der Waals surface area contributed by atoms with E-state index in [2.05, 4.69) is 0 Å². The molecule has 6 heteroatoms. The maximum atomic E-state index is 12.4. The maximum Gasteiger partial charge on any atom is 0.251 e. The molecule has 3 amide bonds. The third kappa shape index (κ3) is 1.89. The molecule has 2 unspecified atom stereocenters. The molecule has 0 aromatic carbocycles. The molecule has 0 radical (unpaired) electrons. The number of nitrogens with two attached hydrogens (primary N) is 1. The molecule has 1 spiro atoms. The topological polar surface area (TPSA) is 83.7 Å². The summed E-state index contributed by atoms with van der Waals surface area (Å²) in [5.41, 5.74) is 4.52. The van der Waals surface area contributed by atoms with Gasteiger partial charge in [-0.1, -0.05) is 13.8 Å². The highest BCUT2D eigenvalue weighted by Gasteiger charge is 2.60. The van der Waals surface area contributed by atoms with Crippen LogP contribution in [0.1, 0.15) is 33.6 Å². The second-order valence-electron chi connectivity index (χ2n) is 5.79. The van der Waals surface area contributed by atoms with E-state index in [1.54, 1.807) is 11.8 Å². The van der Waals surface area contributed by atoms with E-state index in [0.717, 1.165) is 6.42 Å². The second-order valence-corrected chi connectivity index (χ2v) is 5.79. The highest BCUT2D eigenvalue weighted by Crippen LogP contribution is 2.40. The van der Waals surface area contributed by atoms with Crippen molar-refractivity contribution < 1.29 is 14.4 Å². The van der Waals surface area contributed by atoms with E-state index in [1.165, 1.54) is 4.90 Å². The molecule has 2 N–H and O–H groups in total. The summed E-state index contributed by atoms with van der Waals surface area (Å²) in [7, 11) is 0. The number of hydrogen-bond acceptors (Lipinski definition) is 3. The molecule has 0 saturated carbocycles. The van der Waals surface area contributed by atoms with Crippen molar-refractivity contribution >= 4 is 17.7 Å². The lowest BCUT2D eigenvalue weighted by Gasteiger charge is -2.53. The molecule has 2 fully saturated rings. The third-order valence-electron chi connectivity index (χ3n) is 4.22. The van der Waals surface area contributed by atoms with Crippen LogP contribution in [0.15, 0.2) is 0 Å². The fourth-order valence-electron chi connectivity index (χ4n) is 2.96. The summed E-state index contributed by atoms with van der Waals surface area (Å²) < 4.78 is 0. The molecular formula is C13H21N3O3. The zero-order chi connectivity index (χ0) is 14.4. The summed E-state index contributed by atoms with van der Waals surface area (Å²) in [4.78, 5) is 38.9. The van der Waals surface area contributed by atoms with Crippen LogP contribution in [0.3, 0.4) is 0 Å². The fourth-order valence-corrected chi connectivity index (χ4v) is 2.96. The van der Waals surface area contributed by atoms with Crippen LogP contribution in [-0.2, 0) is 14.4 Å². The Kier molecular flexibility index (Phi) is 3.28. The van der Waals surface area contributed by atoms with E-state index in [1.807, 2.05) is 13.8 Å². The Hall–Kier alpha value is -1.59. The summed E-state index contributed by atoms with van der Waals surface area (Å²) >= 11 is 0. The molecular weight excluding hydrogens is 246 g/mol. The number of amides is 3. The Morgan fingerprint density at radius 1 is 1.32 bits per heavy atom. The molecule has 0 aromatic rings. The van der Waals surface area contributed by atoms with Crippen LogP contribution in [-0.4, -0.2) is 52.2 Å². The Bertz CT molecular complexity index is 435. The summed E-state index contributed by atoms with van der Waals surface area (Å²) in [5.74, 6) is -0.754. The van der Waals surface area contributed by atoms with Crippen molar-refractivity contribution in [2.75, 3.05) is 13.1 Å². The average Bonchev–Trinajstić information content (AvgIpc) is 2.80. The Balaban J connectivity index is 2.16. The Labute approximate surface area is 112 Å². The van der Waals surface area contributed by atoms with Crippen LogP contribution in [0.4, 0.5) is 0 Å². The number of primary amides is 1. The Morgan fingerprint density at radius 2 is 1.95 bits per heavy atom. The van der Waals surface area contributed by atoms with Gasteiger partial charge in [0.15, 0.2) is 0 Å². The largest absolute Gasteiger partial charge is 0.368 e. The van der Waals surface area contributed by atoms with Crippen LogP contribution < -0.4 is 5.73 Å². The van der Waals surface area contributed by atoms with Gasteiger partial charge < -0.3 is 15.5 Å². The minimum Gasteiger partial charge on any atom is -0.368 e. The molecule has 2 heterocycles. The number of likely N-dealkylation sites (tertiary alicyclic amines) is 2. The SMILES string of the molecule is CC(C)C(=O)N1CCCC12CN(C(C)C(N)=O)C2=O. The number of β-lactam (4-membered cyclic amide) rings is 1. The minimum atomic E-state index is -0.703. The van der Waals surface area contributed by atoms with Crippen molar-refractivity contribution in [3.63, 3.8) is 0 Å². The average molecular weight is 267 g/mol. The molecule has 2 rings (SSSR count). The predicted molar refractivity (Wildman–Crippen MR) is 68.9 cm³/mol. The normalized spacial score (nSPS) is 27.9. The van der Waals surface area contributed by atoms with Crippen molar-refractivity contribution in [3.8, 4) is 0 Å². The smallest absolute Gasteiger partial charge is 0.251 e. The lowest BCUT2D eigenvalue weighted by atomic mass is 9.83. The van der Waals surface area contributed by atoms with Crippen molar-refractivity contribution in [3.05, 3.63) is 0 Å². The Morgan fingerprint density at radius 3 is 2.42 bits per heavy atom. The van der Waals surface area contributed by atoms with E-state index in [0.29, 0.717) is 19.5 Å². The van der Waals surface area contributed by atoms with Crippen LogP contribution in [0.5, 0.6) is 0 Å². The maximum absolute atomic E-state index is 12.4. The van der Waals surface area contributed by atoms with Gasteiger partial charge in [-0.15, -0.1) is 0 Å². The molecule has 0 aliphatic carbocycles. The van der Waals surface area contributed by atoms with Gasteiger partial charge in [0.25, 0.3) is 5.91 Å². The molecule has 2 saturated heterocycles. The number of carbonyl (C=O) groups excluding carboxylic acids is 3. The molecule has 19 heavy (non-hydrogen) atoms. The third-order valence-corrected chi connectivity index (χ3v) is 4.22. The van der Waals surface area contributed by atoms with E-state index in [4.69, 9.17) is 5.73 Å². The molecule has 0 aromatic heterocycles. The number of carbonyl (C=O) groups is 3. The van der Waals surface area contributed by atoms with Gasteiger partial charge in [-0.05, 0) is 19.8 Å². The minimum absolute atomic E-state index is 0.0113. The van der Waals surface area contributed by atoms with Crippen molar-refractivity contribution in [2.24, 2.45) is 11.7 Å². The van der Waals surface area contributed by atoms with E-state index < -0.39 is 17.5 Å². The highest BCUT2D eigenvalue weighted by atomic mass is 16.2. The van der Waals surface area contributed by atoms with Crippen molar-refractivity contribution in [1.82, 2.24) is 9.80 Å². The molecule has 2 atom stereocenters. The first-order valence-corrected chi connectivity index (χ1v) is 6.73. The second kappa shape index (κ2) is 4.51. The van der Waals surface area contributed by atoms with E-state index in [-0.39, 0.29) is 17.7 Å². The highest BCUT2D eigenvalue weighted by molar-refractivity contribution is 6.00. The van der Waals surface area contributed by atoms with Crippen molar-refractivity contribution in [1.29, 1.82) is 0 Å². The van der Waals surface area contributed by atoms with Gasteiger partial charge in [0.1, 0.15) is 11.6 Å². The van der Waals surface area contributed by atoms with Gasteiger partial charge in [-0.3, -0.25) is 14.4 Å². The van der Waals surface area contributed by atoms with Crippen LogP contribution in [0.2, 0.25) is 0 Å². The van der Waals surface area contributed by atoms with Crippen LogP contribution >= 0.6 is 0 Å². The lowest BCUT2D eigenvalue weighted by Crippen LogP contribution is -2.75. The first-order chi connectivity index (χ1) is 8.81. The summed E-state index contributed by atoms with van der Waals surface area (Å²) in [5, 5.41) is 0. The van der Waals surface area contributed by atoms with Gasteiger partial charge in [0.05, 0.1) is 6.54 Å². The number of rotatable bonds is 3. The first-order valence-electron chi connectivity index (χ1n) is 6.73. The zero-order valence-corrected chi connectivity index (χ0v) is 11.7. The van der Waals surface area contributed by atoms with Gasteiger partial charge in [-0.25, -0.2) is 0 Å². The number of hydrogen-bond donors (Lipinski definition) is 1. The van der Waals surface area contributed by atoms with E-state index >= 15 is 0 Å². The van der Waals surface area contributed by atoms with E-state index in [9.17, 15) is 14.4 Å². The molecule has 2 aliphatic heterocycles. The lowest BCUT2D eigenvalue weighted by molar-refractivity contribution is -0.173. The quantitative estimate of drug-likeness (QED) is 0.714. The molecule has 106 valence electrons. The summed E-state index contributed by atoms with van der Waals surface area (Å²) in [6.07, 6.45) is 1.52. The molecule has 6 nitrogen and oxygen atoms in total. The van der Waals surface area contributed by atoms with Crippen LogP contribution in [0, 0.1) is 5.92 Å².